The highest BCUT2D eigenvalue weighted by Gasteiger charge is 2.27. The normalized spacial score (nSPS) is 13.5. The number of oxazole rings is 1. The average Bonchev–Trinajstić information content (AvgIpc) is 3.55. The highest BCUT2D eigenvalue weighted by atomic mass is 16.5. The van der Waals surface area contributed by atoms with Crippen LogP contribution in [-0.4, -0.2) is 27.8 Å². The number of nitriles is 1. The standard InChI is InChI=1S/C29H27N5O3/c1-19-14-31-28(37-19)23-11-22-8-7-21(24-15-32-34(17-24)29(2,3)18-30)12-26(22)33(27(35)13-23)16-20-5-9-25(36-4)10-6-20/h5-12,14-15,17H,13,16H2,1-4H3. The highest BCUT2D eigenvalue weighted by Crippen LogP contribution is 2.37. The summed E-state index contributed by atoms with van der Waals surface area (Å²) in [6.07, 6.45) is 7.38. The maximum absolute atomic E-state index is 13.7. The Hall–Kier alpha value is -4.64. The number of nitrogens with zero attached hydrogens (tertiary/aromatic N) is 5. The minimum absolute atomic E-state index is 0.0601. The van der Waals surface area contributed by atoms with Gasteiger partial charge in [-0.05, 0) is 61.7 Å². The zero-order valence-corrected chi connectivity index (χ0v) is 21.2. The average molecular weight is 494 g/mol. The van der Waals surface area contributed by atoms with Crippen LogP contribution in [-0.2, 0) is 16.9 Å². The van der Waals surface area contributed by atoms with Crippen molar-refractivity contribution in [2.75, 3.05) is 12.0 Å². The highest BCUT2D eigenvalue weighted by molar-refractivity contribution is 6.06. The molecule has 8 nitrogen and oxygen atoms in total. The van der Waals surface area contributed by atoms with E-state index in [0.29, 0.717) is 18.2 Å². The summed E-state index contributed by atoms with van der Waals surface area (Å²) in [5, 5.41) is 13.9. The third-order valence-corrected chi connectivity index (χ3v) is 6.45. The van der Waals surface area contributed by atoms with Crippen molar-refractivity contribution in [1.82, 2.24) is 14.8 Å². The van der Waals surface area contributed by atoms with E-state index < -0.39 is 5.54 Å². The first-order valence-corrected chi connectivity index (χ1v) is 11.9. The number of hydrogen-bond acceptors (Lipinski definition) is 6. The molecule has 0 fully saturated rings. The van der Waals surface area contributed by atoms with Crippen molar-refractivity contribution in [3.63, 3.8) is 0 Å². The molecule has 37 heavy (non-hydrogen) atoms. The van der Waals surface area contributed by atoms with Gasteiger partial charge in [0.2, 0.25) is 11.8 Å². The summed E-state index contributed by atoms with van der Waals surface area (Å²) >= 11 is 0. The second-order valence-electron chi connectivity index (χ2n) is 9.57. The van der Waals surface area contributed by atoms with Gasteiger partial charge in [-0.3, -0.25) is 9.48 Å². The van der Waals surface area contributed by atoms with Crippen LogP contribution in [0.2, 0.25) is 0 Å². The molecule has 0 bridgehead atoms. The number of carbonyl (C=O) groups is 1. The Bertz CT molecular complexity index is 1540. The van der Waals surface area contributed by atoms with Gasteiger partial charge < -0.3 is 14.1 Å². The molecule has 0 saturated carbocycles. The number of hydrogen-bond donors (Lipinski definition) is 0. The number of aromatic nitrogens is 3. The SMILES string of the molecule is COc1ccc(CN2C(=O)CC(c3ncc(C)o3)=Cc3ccc(-c4cnn(C(C)(C)C#N)c4)cc32)cc1. The molecule has 0 spiro atoms. The lowest BCUT2D eigenvalue weighted by Gasteiger charge is -2.24. The molecule has 0 unspecified atom stereocenters. The maximum Gasteiger partial charge on any atom is 0.231 e. The number of fused-ring (bicyclic) bond motifs is 1. The van der Waals surface area contributed by atoms with E-state index in [1.54, 1.807) is 29.1 Å². The molecule has 186 valence electrons. The van der Waals surface area contributed by atoms with Gasteiger partial charge in [0.15, 0.2) is 0 Å². The third-order valence-electron chi connectivity index (χ3n) is 6.45. The Morgan fingerprint density at radius 3 is 2.59 bits per heavy atom. The minimum Gasteiger partial charge on any atom is -0.497 e. The Morgan fingerprint density at radius 1 is 1.14 bits per heavy atom. The molecule has 1 aliphatic heterocycles. The predicted molar refractivity (Wildman–Crippen MR) is 141 cm³/mol. The number of anilines is 1. The summed E-state index contributed by atoms with van der Waals surface area (Å²) in [4.78, 5) is 19.8. The summed E-state index contributed by atoms with van der Waals surface area (Å²) in [7, 11) is 1.63. The van der Waals surface area contributed by atoms with Crippen molar-refractivity contribution in [3.05, 3.63) is 83.8 Å². The number of methoxy groups -OCH3 is 1. The molecule has 5 rings (SSSR count). The first-order chi connectivity index (χ1) is 17.8. The molecule has 8 heteroatoms. The molecule has 1 amide bonds. The van der Waals surface area contributed by atoms with Gasteiger partial charge in [-0.1, -0.05) is 24.3 Å². The monoisotopic (exact) mass is 493 g/mol. The summed E-state index contributed by atoms with van der Waals surface area (Å²) in [6, 6.07) is 15.9. The molecular formula is C29H27N5O3. The first-order valence-electron chi connectivity index (χ1n) is 11.9. The van der Waals surface area contributed by atoms with Crippen molar-refractivity contribution in [2.45, 2.75) is 39.3 Å². The van der Waals surface area contributed by atoms with Gasteiger partial charge in [-0.15, -0.1) is 0 Å². The van der Waals surface area contributed by atoms with Crippen LogP contribution in [0.4, 0.5) is 5.69 Å². The molecule has 4 aromatic rings. The van der Waals surface area contributed by atoms with Crippen LogP contribution < -0.4 is 9.64 Å². The van der Waals surface area contributed by atoms with E-state index in [1.165, 1.54) is 0 Å². The van der Waals surface area contributed by atoms with Gasteiger partial charge in [0.25, 0.3) is 0 Å². The fourth-order valence-corrected chi connectivity index (χ4v) is 4.27. The summed E-state index contributed by atoms with van der Waals surface area (Å²) < 4.78 is 12.7. The van der Waals surface area contributed by atoms with Crippen LogP contribution in [0.25, 0.3) is 22.8 Å². The Balaban J connectivity index is 1.59. The van der Waals surface area contributed by atoms with E-state index in [2.05, 4.69) is 16.2 Å². The van der Waals surface area contributed by atoms with E-state index in [-0.39, 0.29) is 12.3 Å². The first kappa shape index (κ1) is 24.1. The zero-order chi connectivity index (χ0) is 26.2. The number of aryl methyl sites for hydroxylation is 1. The predicted octanol–water partition coefficient (Wildman–Crippen LogP) is 5.59. The molecule has 0 radical (unpaired) electrons. The fourth-order valence-electron chi connectivity index (χ4n) is 4.27. The molecule has 0 aliphatic carbocycles. The lowest BCUT2D eigenvalue weighted by molar-refractivity contribution is -0.117. The number of carbonyl (C=O) groups excluding carboxylic acids is 1. The van der Waals surface area contributed by atoms with Gasteiger partial charge in [-0.25, -0.2) is 4.98 Å². The molecular weight excluding hydrogens is 466 g/mol. The van der Waals surface area contributed by atoms with Crippen LogP contribution >= 0.6 is 0 Å². The summed E-state index contributed by atoms with van der Waals surface area (Å²) in [5.74, 6) is 1.84. The van der Waals surface area contributed by atoms with E-state index in [9.17, 15) is 10.1 Å². The molecule has 3 heterocycles. The van der Waals surface area contributed by atoms with Gasteiger partial charge in [-0.2, -0.15) is 10.4 Å². The minimum atomic E-state index is -0.772. The van der Waals surface area contributed by atoms with E-state index in [4.69, 9.17) is 9.15 Å². The summed E-state index contributed by atoms with van der Waals surface area (Å²) in [6.45, 7) is 5.85. The number of ether oxygens (including phenoxy) is 1. The van der Waals surface area contributed by atoms with Crippen LogP contribution in [0, 0.1) is 18.3 Å². The van der Waals surface area contributed by atoms with Crippen molar-refractivity contribution in [1.29, 1.82) is 5.26 Å². The number of rotatable bonds is 6. The molecule has 2 aromatic carbocycles. The van der Waals surface area contributed by atoms with Crippen molar-refractivity contribution >= 4 is 23.2 Å². The van der Waals surface area contributed by atoms with Crippen LogP contribution in [0.5, 0.6) is 5.75 Å². The summed E-state index contributed by atoms with van der Waals surface area (Å²) in [5.41, 5.74) is 4.36. The van der Waals surface area contributed by atoms with Crippen molar-refractivity contribution in [3.8, 4) is 22.9 Å². The second-order valence-corrected chi connectivity index (χ2v) is 9.57. The van der Waals surface area contributed by atoms with Crippen LogP contribution in [0.15, 0.2) is 65.5 Å². The van der Waals surface area contributed by atoms with E-state index in [0.717, 1.165) is 39.3 Å². The van der Waals surface area contributed by atoms with Crippen molar-refractivity contribution in [2.24, 2.45) is 0 Å². The molecule has 0 saturated heterocycles. The van der Waals surface area contributed by atoms with Gasteiger partial charge in [0.1, 0.15) is 17.0 Å². The fraction of sp³-hybridized carbons (Fsp3) is 0.241. The van der Waals surface area contributed by atoms with E-state index >= 15 is 0 Å². The topological polar surface area (TPSA) is 97.2 Å². The largest absolute Gasteiger partial charge is 0.497 e. The lowest BCUT2D eigenvalue weighted by atomic mass is 10.0. The third kappa shape index (κ3) is 4.76. The van der Waals surface area contributed by atoms with Crippen LogP contribution in [0.1, 0.15) is 43.0 Å². The maximum atomic E-state index is 13.7. The number of benzene rings is 2. The molecule has 1 aliphatic rings. The lowest BCUT2D eigenvalue weighted by Crippen LogP contribution is -2.30. The Kier molecular flexibility index (Phi) is 6.14. The van der Waals surface area contributed by atoms with Gasteiger partial charge in [0.05, 0.1) is 44.2 Å². The van der Waals surface area contributed by atoms with Crippen molar-refractivity contribution < 1.29 is 13.9 Å². The van der Waals surface area contributed by atoms with Crippen LogP contribution in [0.3, 0.4) is 0 Å². The molecule has 0 atom stereocenters. The van der Waals surface area contributed by atoms with Gasteiger partial charge >= 0.3 is 0 Å². The quantitative estimate of drug-likeness (QED) is 0.347. The Labute approximate surface area is 215 Å². The van der Waals surface area contributed by atoms with E-state index in [1.807, 2.05) is 75.5 Å². The molecule has 0 N–H and O–H groups in total. The van der Waals surface area contributed by atoms with Gasteiger partial charge in [0, 0.05) is 17.3 Å². The smallest absolute Gasteiger partial charge is 0.231 e. The second kappa shape index (κ2) is 9.43. The Morgan fingerprint density at radius 2 is 1.92 bits per heavy atom. The molecule has 2 aromatic heterocycles. The zero-order valence-electron chi connectivity index (χ0n) is 21.2. The number of amides is 1.